The number of aliphatic carboxylic acids is 2. The standard InChI is InChI=1S/C23H38N2O4.C2H2O4/c1-3-5-11-17-28-22-13-8-7-12-21(22)24-23(26)29-20(19-27-16-4-2)18-25-14-9-6-10-15-25;3-1(4)2(5)6/h7-8,12-13,20H,3-6,9-11,14-19H2,1-2H3,(H,24,26);(H,3,4)(H,5,6). The third-order valence-corrected chi connectivity index (χ3v) is 5.15. The van der Waals surface area contributed by atoms with E-state index in [1.165, 1.54) is 19.3 Å². The Labute approximate surface area is 207 Å². The van der Waals surface area contributed by atoms with Gasteiger partial charge in [0.25, 0.3) is 0 Å². The van der Waals surface area contributed by atoms with Crippen molar-refractivity contribution in [3.05, 3.63) is 24.3 Å². The predicted octanol–water partition coefficient (Wildman–Crippen LogP) is 4.24. The quantitative estimate of drug-likeness (QED) is 0.271. The molecule has 1 fully saturated rings. The molecule has 1 aliphatic rings. The number of amides is 1. The molecule has 1 unspecified atom stereocenters. The third-order valence-electron chi connectivity index (χ3n) is 5.15. The van der Waals surface area contributed by atoms with Crippen molar-refractivity contribution in [3.8, 4) is 5.75 Å². The van der Waals surface area contributed by atoms with E-state index in [0.717, 1.165) is 38.8 Å². The van der Waals surface area contributed by atoms with Gasteiger partial charge >= 0.3 is 18.0 Å². The average Bonchev–Trinajstić information content (AvgIpc) is 2.84. The fourth-order valence-corrected chi connectivity index (χ4v) is 3.43. The Morgan fingerprint density at radius 2 is 1.66 bits per heavy atom. The van der Waals surface area contributed by atoms with Gasteiger partial charge in [0.05, 0.1) is 18.9 Å². The van der Waals surface area contributed by atoms with Crippen molar-refractivity contribution in [2.45, 2.75) is 64.9 Å². The summed E-state index contributed by atoms with van der Waals surface area (Å²) >= 11 is 0. The molecule has 1 atom stereocenters. The summed E-state index contributed by atoms with van der Waals surface area (Å²) in [6, 6.07) is 7.49. The topological polar surface area (TPSA) is 135 Å². The Balaban J connectivity index is 0.000000905. The van der Waals surface area contributed by atoms with Gasteiger partial charge in [0.15, 0.2) is 0 Å². The van der Waals surface area contributed by atoms with E-state index in [4.69, 9.17) is 34.0 Å². The molecule has 1 aromatic carbocycles. The number of nitrogens with one attached hydrogen (secondary N) is 1. The Bertz CT molecular complexity index is 741. The van der Waals surface area contributed by atoms with Gasteiger partial charge < -0.3 is 24.4 Å². The van der Waals surface area contributed by atoms with Crippen molar-refractivity contribution in [1.82, 2.24) is 4.90 Å². The van der Waals surface area contributed by atoms with E-state index in [9.17, 15) is 4.79 Å². The number of carboxylic acid groups (broad SMARTS) is 2. The summed E-state index contributed by atoms with van der Waals surface area (Å²) in [5.41, 5.74) is 0.639. The molecule has 1 heterocycles. The van der Waals surface area contributed by atoms with E-state index in [0.29, 0.717) is 37.8 Å². The fourth-order valence-electron chi connectivity index (χ4n) is 3.43. The molecular weight excluding hydrogens is 456 g/mol. The molecule has 1 aromatic rings. The molecule has 1 amide bonds. The molecule has 0 aliphatic carbocycles. The van der Waals surface area contributed by atoms with Crippen molar-refractivity contribution < 1.29 is 38.8 Å². The molecule has 0 bridgehead atoms. The van der Waals surface area contributed by atoms with Gasteiger partial charge in [0, 0.05) is 13.2 Å². The molecule has 0 saturated carbocycles. The van der Waals surface area contributed by atoms with Crippen LogP contribution in [-0.2, 0) is 19.1 Å². The molecule has 3 N–H and O–H groups in total. The number of rotatable bonds is 13. The zero-order chi connectivity index (χ0) is 25.9. The van der Waals surface area contributed by atoms with E-state index in [2.05, 4.69) is 24.1 Å². The fraction of sp³-hybridized carbons (Fsp3) is 0.640. The molecular formula is C25H40N2O8. The summed E-state index contributed by atoms with van der Waals surface area (Å²) in [7, 11) is 0. The van der Waals surface area contributed by atoms with Crippen LogP contribution in [0.25, 0.3) is 0 Å². The number of ether oxygens (including phenoxy) is 3. The molecule has 0 aromatic heterocycles. The second-order valence-corrected chi connectivity index (χ2v) is 8.25. The summed E-state index contributed by atoms with van der Waals surface area (Å²) < 4.78 is 17.3. The highest BCUT2D eigenvalue weighted by molar-refractivity contribution is 6.27. The molecule has 1 aliphatic heterocycles. The van der Waals surface area contributed by atoms with Crippen molar-refractivity contribution in [1.29, 1.82) is 0 Å². The lowest BCUT2D eigenvalue weighted by atomic mass is 10.1. The Morgan fingerprint density at radius 1 is 0.971 bits per heavy atom. The highest BCUT2D eigenvalue weighted by atomic mass is 16.6. The first-order valence-corrected chi connectivity index (χ1v) is 12.3. The second-order valence-electron chi connectivity index (χ2n) is 8.25. The molecule has 0 spiro atoms. The van der Waals surface area contributed by atoms with Crippen LogP contribution in [0.3, 0.4) is 0 Å². The van der Waals surface area contributed by atoms with Crippen LogP contribution < -0.4 is 10.1 Å². The lowest BCUT2D eigenvalue weighted by Gasteiger charge is -2.30. The maximum atomic E-state index is 12.6. The number of carboxylic acids is 2. The highest BCUT2D eigenvalue weighted by Crippen LogP contribution is 2.24. The molecule has 2 rings (SSSR count). The number of carbonyl (C=O) groups is 3. The minimum Gasteiger partial charge on any atom is -0.491 e. The summed E-state index contributed by atoms with van der Waals surface area (Å²) in [6.45, 7) is 8.81. The van der Waals surface area contributed by atoms with E-state index < -0.39 is 18.0 Å². The van der Waals surface area contributed by atoms with Crippen molar-refractivity contribution in [3.63, 3.8) is 0 Å². The molecule has 35 heavy (non-hydrogen) atoms. The monoisotopic (exact) mass is 496 g/mol. The first kappa shape index (κ1) is 30.2. The van der Waals surface area contributed by atoms with Crippen molar-refractivity contribution >= 4 is 23.7 Å². The lowest BCUT2D eigenvalue weighted by molar-refractivity contribution is -0.159. The molecule has 0 radical (unpaired) electrons. The van der Waals surface area contributed by atoms with Gasteiger partial charge in [-0.25, -0.2) is 14.4 Å². The van der Waals surface area contributed by atoms with Gasteiger partial charge in [0.2, 0.25) is 0 Å². The first-order valence-electron chi connectivity index (χ1n) is 12.3. The number of hydrogen-bond donors (Lipinski definition) is 3. The lowest BCUT2D eigenvalue weighted by Crippen LogP contribution is -2.41. The van der Waals surface area contributed by atoms with Crippen LogP contribution >= 0.6 is 0 Å². The average molecular weight is 497 g/mol. The molecule has 10 heteroatoms. The summed E-state index contributed by atoms with van der Waals surface area (Å²) in [5.74, 6) is -2.97. The number of piperidine rings is 1. The largest absolute Gasteiger partial charge is 0.491 e. The Kier molecular flexibility index (Phi) is 15.9. The minimum atomic E-state index is -1.82. The van der Waals surface area contributed by atoms with Crippen LogP contribution in [0.2, 0.25) is 0 Å². The predicted molar refractivity (Wildman–Crippen MR) is 132 cm³/mol. The third kappa shape index (κ3) is 14.2. The maximum Gasteiger partial charge on any atom is 0.414 e. The summed E-state index contributed by atoms with van der Waals surface area (Å²) in [6.07, 6.45) is 7.18. The zero-order valence-corrected chi connectivity index (χ0v) is 20.9. The number of carbonyl (C=O) groups excluding carboxylic acids is 1. The Hall–Kier alpha value is -2.85. The van der Waals surface area contributed by atoms with Crippen molar-refractivity contribution in [2.24, 2.45) is 0 Å². The minimum absolute atomic E-state index is 0.280. The van der Waals surface area contributed by atoms with Gasteiger partial charge in [-0.3, -0.25) is 10.2 Å². The van der Waals surface area contributed by atoms with Crippen LogP contribution in [0.15, 0.2) is 24.3 Å². The number of unbranched alkanes of at least 4 members (excludes halogenated alkanes) is 2. The Morgan fingerprint density at radius 3 is 2.29 bits per heavy atom. The number of nitrogens with zero attached hydrogens (tertiary/aromatic N) is 1. The van der Waals surface area contributed by atoms with E-state index >= 15 is 0 Å². The van der Waals surface area contributed by atoms with Crippen LogP contribution in [0, 0.1) is 0 Å². The van der Waals surface area contributed by atoms with Crippen LogP contribution in [-0.4, -0.2) is 78.7 Å². The van der Waals surface area contributed by atoms with Crippen LogP contribution in [0.4, 0.5) is 10.5 Å². The second kappa shape index (κ2) is 18.5. The molecule has 10 nitrogen and oxygen atoms in total. The SMILES string of the molecule is CCCCCOc1ccccc1NC(=O)OC(COCCC)CN1CCCCC1.O=C(O)C(=O)O. The van der Waals surface area contributed by atoms with E-state index in [-0.39, 0.29) is 6.10 Å². The number of benzene rings is 1. The number of likely N-dealkylation sites (tertiary alicyclic amines) is 1. The van der Waals surface area contributed by atoms with Crippen LogP contribution in [0.5, 0.6) is 5.75 Å². The highest BCUT2D eigenvalue weighted by Gasteiger charge is 2.21. The normalized spacial score (nSPS) is 14.2. The number of anilines is 1. The smallest absolute Gasteiger partial charge is 0.414 e. The van der Waals surface area contributed by atoms with E-state index in [1.54, 1.807) is 0 Å². The van der Waals surface area contributed by atoms with Gasteiger partial charge in [-0.1, -0.05) is 45.2 Å². The van der Waals surface area contributed by atoms with Crippen LogP contribution in [0.1, 0.15) is 58.8 Å². The first-order chi connectivity index (χ1) is 16.9. The zero-order valence-electron chi connectivity index (χ0n) is 20.9. The summed E-state index contributed by atoms with van der Waals surface area (Å²) in [5, 5.41) is 17.6. The number of para-hydroxylation sites is 2. The summed E-state index contributed by atoms with van der Waals surface area (Å²) in [4.78, 5) is 33.1. The molecule has 198 valence electrons. The van der Waals surface area contributed by atoms with Gasteiger partial charge in [-0.05, 0) is 50.9 Å². The number of hydrogen-bond acceptors (Lipinski definition) is 7. The van der Waals surface area contributed by atoms with Gasteiger partial charge in [-0.15, -0.1) is 0 Å². The molecule has 1 saturated heterocycles. The van der Waals surface area contributed by atoms with E-state index in [1.807, 2.05) is 24.3 Å². The van der Waals surface area contributed by atoms with Gasteiger partial charge in [-0.2, -0.15) is 0 Å². The van der Waals surface area contributed by atoms with Gasteiger partial charge in [0.1, 0.15) is 11.9 Å². The maximum absolute atomic E-state index is 12.6. The van der Waals surface area contributed by atoms with Crippen molar-refractivity contribution in [2.75, 3.05) is 44.8 Å².